The first kappa shape index (κ1) is 20.0. The summed E-state index contributed by atoms with van der Waals surface area (Å²) in [5.74, 6) is 0.944. The number of unbranched alkanes of at least 4 members (excludes halogenated alkanes) is 9. The van der Waals surface area contributed by atoms with Crippen LogP contribution in [-0.2, 0) is 0 Å². The highest BCUT2D eigenvalue weighted by molar-refractivity contribution is 4.53. The van der Waals surface area contributed by atoms with Crippen molar-refractivity contribution in [3.05, 3.63) is 0 Å². The van der Waals surface area contributed by atoms with E-state index in [1.54, 1.807) is 0 Å². The van der Waals surface area contributed by atoms with E-state index in [9.17, 15) is 0 Å². The molecular weight excluding hydrogens is 242 g/mol. The van der Waals surface area contributed by atoms with E-state index in [1.807, 2.05) is 0 Å². The molecule has 0 spiro atoms. The van der Waals surface area contributed by atoms with Crippen LogP contribution in [-0.4, -0.2) is 13.1 Å². The highest BCUT2D eigenvalue weighted by Gasteiger charge is 1.98. The molecule has 1 nitrogen and oxygen atoms in total. The van der Waals surface area contributed by atoms with Crippen LogP contribution in [0.5, 0.6) is 0 Å². The van der Waals surface area contributed by atoms with Crippen molar-refractivity contribution in [1.29, 1.82) is 0 Å². The SMILES string of the molecule is CCCCCNCCCCCCCCCCC(C)CC. The lowest BCUT2D eigenvalue weighted by Crippen LogP contribution is -2.16. The average Bonchev–Trinajstić information content (AvgIpc) is 2.47. The van der Waals surface area contributed by atoms with Gasteiger partial charge in [-0.15, -0.1) is 0 Å². The van der Waals surface area contributed by atoms with Crippen LogP contribution in [0.25, 0.3) is 0 Å². The molecule has 1 heteroatoms. The first-order valence-electron chi connectivity index (χ1n) is 9.52. The molecule has 0 aromatic rings. The molecule has 0 radical (unpaired) electrons. The Balaban J connectivity index is 2.96. The van der Waals surface area contributed by atoms with Crippen molar-refractivity contribution >= 4 is 0 Å². The zero-order valence-electron chi connectivity index (χ0n) is 14.7. The predicted octanol–water partition coefficient (Wildman–Crippen LogP) is 6.32. The highest BCUT2D eigenvalue weighted by Crippen LogP contribution is 2.14. The second kappa shape index (κ2) is 17.0. The van der Waals surface area contributed by atoms with Crippen LogP contribution < -0.4 is 5.32 Å². The van der Waals surface area contributed by atoms with E-state index in [-0.39, 0.29) is 0 Å². The molecule has 0 bridgehead atoms. The Labute approximate surface area is 129 Å². The summed E-state index contributed by atoms with van der Waals surface area (Å²) in [4.78, 5) is 0. The van der Waals surface area contributed by atoms with Gasteiger partial charge in [0.1, 0.15) is 0 Å². The monoisotopic (exact) mass is 283 g/mol. The zero-order chi connectivity index (χ0) is 14.9. The molecule has 0 aliphatic heterocycles. The summed E-state index contributed by atoms with van der Waals surface area (Å²) >= 11 is 0. The third kappa shape index (κ3) is 16.0. The van der Waals surface area contributed by atoms with Gasteiger partial charge in [-0.1, -0.05) is 91.4 Å². The first-order chi connectivity index (χ1) is 9.81. The van der Waals surface area contributed by atoms with Crippen molar-refractivity contribution in [2.45, 2.75) is 104 Å². The molecule has 0 heterocycles. The molecule has 0 rings (SSSR count). The Bertz CT molecular complexity index is 167. The van der Waals surface area contributed by atoms with Crippen LogP contribution in [0.2, 0.25) is 0 Å². The molecule has 1 atom stereocenters. The minimum atomic E-state index is 0.944. The number of hydrogen-bond acceptors (Lipinski definition) is 1. The van der Waals surface area contributed by atoms with E-state index in [0.717, 1.165) is 5.92 Å². The maximum absolute atomic E-state index is 3.56. The molecule has 0 saturated heterocycles. The van der Waals surface area contributed by atoms with Crippen molar-refractivity contribution in [3.63, 3.8) is 0 Å². The lowest BCUT2D eigenvalue weighted by Gasteiger charge is -2.07. The van der Waals surface area contributed by atoms with Gasteiger partial charge in [0.25, 0.3) is 0 Å². The Morgan fingerprint density at radius 3 is 1.70 bits per heavy atom. The fraction of sp³-hybridized carbons (Fsp3) is 1.00. The minimum Gasteiger partial charge on any atom is -0.317 e. The smallest absolute Gasteiger partial charge is 0.00489 e. The van der Waals surface area contributed by atoms with Gasteiger partial charge < -0.3 is 5.32 Å². The number of rotatable bonds is 16. The first-order valence-corrected chi connectivity index (χ1v) is 9.52. The van der Waals surface area contributed by atoms with Crippen molar-refractivity contribution in [2.75, 3.05) is 13.1 Å². The van der Waals surface area contributed by atoms with Gasteiger partial charge >= 0.3 is 0 Å². The highest BCUT2D eigenvalue weighted by atomic mass is 14.8. The number of nitrogens with one attached hydrogen (secondary N) is 1. The maximum atomic E-state index is 3.56. The van der Waals surface area contributed by atoms with E-state index in [4.69, 9.17) is 0 Å². The molecular formula is C19H41N. The normalized spacial score (nSPS) is 12.8. The standard InChI is InChI=1S/C19H41N/c1-4-6-14-17-20-18-15-12-10-8-7-9-11-13-16-19(3)5-2/h19-20H,4-18H2,1-3H3. The van der Waals surface area contributed by atoms with Crippen LogP contribution >= 0.6 is 0 Å². The summed E-state index contributed by atoms with van der Waals surface area (Å²) in [5, 5.41) is 3.56. The molecule has 0 fully saturated rings. The molecule has 0 aromatic carbocycles. The molecule has 122 valence electrons. The van der Waals surface area contributed by atoms with E-state index in [0.29, 0.717) is 0 Å². The molecule has 20 heavy (non-hydrogen) atoms. The molecule has 0 aliphatic rings. The van der Waals surface area contributed by atoms with Gasteiger partial charge in [0.05, 0.1) is 0 Å². The van der Waals surface area contributed by atoms with E-state index < -0.39 is 0 Å². The second-order valence-corrected chi connectivity index (χ2v) is 6.59. The van der Waals surface area contributed by atoms with Crippen LogP contribution in [0, 0.1) is 5.92 Å². The molecule has 1 N–H and O–H groups in total. The Morgan fingerprint density at radius 1 is 0.650 bits per heavy atom. The lowest BCUT2D eigenvalue weighted by atomic mass is 10.00. The van der Waals surface area contributed by atoms with Gasteiger partial charge in [0, 0.05) is 0 Å². The second-order valence-electron chi connectivity index (χ2n) is 6.59. The third-order valence-corrected chi connectivity index (χ3v) is 4.45. The quantitative estimate of drug-likeness (QED) is 0.327. The van der Waals surface area contributed by atoms with Gasteiger partial charge in [-0.3, -0.25) is 0 Å². The summed E-state index contributed by atoms with van der Waals surface area (Å²) < 4.78 is 0. The zero-order valence-corrected chi connectivity index (χ0v) is 14.7. The van der Waals surface area contributed by atoms with E-state index >= 15 is 0 Å². The summed E-state index contributed by atoms with van der Waals surface area (Å²) in [6, 6.07) is 0. The van der Waals surface area contributed by atoms with Crippen LogP contribution in [0.3, 0.4) is 0 Å². The fourth-order valence-electron chi connectivity index (χ4n) is 2.63. The van der Waals surface area contributed by atoms with Gasteiger partial charge in [-0.25, -0.2) is 0 Å². The topological polar surface area (TPSA) is 12.0 Å². The van der Waals surface area contributed by atoms with E-state index in [2.05, 4.69) is 26.1 Å². The van der Waals surface area contributed by atoms with Gasteiger partial charge in [0.15, 0.2) is 0 Å². The molecule has 1 unspecified atom stereocenters. The molecule has 0 amide bonds. The average molecular weight is 284 g/mol. The minimum absolute atomic E-state index is 0.944. The maximum Gasteiger partial charge on any atom is -0.00489 e. The predicted molar refractivity (Wildman–Crippen MR) is 93.4 cm³/mol. The summed E-state index contributed by atoms with van der Waals surface area (Å²) in [7, 11) is 0. The van der Waals surface area contributed by atoms with Crippen LogP contribution in [0.4, 0.5) is 0 Å². The van der Waals surface area contributed by atoms with Crippen molar-refractivity contribution in [3.8, 4) is 0 Å². The van der Waals surface area contributed by atoms with Gasteiger partial charge in [0.2, 0.25) is 0 Å². The lowest BCUT2D eigenvalue weighted by molar-refractivity contribution is 0.469. The Morgan fingerprint density at radius 2 is 1.15 bits per heavy atom. The Hall–Kier alpha value is -0.0400. The van der Waals surface area contributed by atoms with Crippen LogP contribution in [0.1, 0.15) is 104 Å². The van der Waals surface area contributed by atoms with E-state index in [1.165, 1.54) is 96.6 Å². The van der Waals surface area contributed by atoms with Crippen molar-refractivity contribution in [1.82, 2.24) is 5.32 Å². The summed E-state index contributed by atoms with van der Waals surface area (Å²) in [6.45, 7) is 9.42. The summed E-state index contributed by atoms with van der Waals surface area (Å²) in [5.41, 5.74) is 0. The molecule has 0 aromatic heterocycles. The van der Waals surface area contributed by atoms with Gasteiger partial charge in [-0.05, 0) is 31.8 Å². The third-order valence-electron chi connectivity index (χ3n) is 4.45. The van der Waals surface area contributed by atoms with Crippen LogP contribution in [0.15, 0.2) is 0 Å². The largest absolute Gasteiger partial charge is 0.317 e. The summed E-state index contributed by atoms with van der Waals surface area (Å²) in [6.07, 6.45) is 18.4. The van der Waals surface area contributed by atoms with Crippen molar-refractivity contribution in [2.24, 2.45) is 5.92 Å². The Kier molecular flexibility index (Phi) is 17.0. The van der Waals surface area contributed by atoms with Crippen molar-refractivity contribution < 1.29 is 0 Å². The number of hydrogen-bond donors (Lipinski definition) is 1. The van der Waals surface area contributed by atoms with Gasteiger partial charge in [-0.2, -0.15) is 0 Å². The fourth-order valence-corrected chi connectivity index (χ4v) is 2.63. The molecule has 0 saturated carbocycles. The molecule has 0 aliphatic carbocycles.